The molecule has 0 aromatic carbocycles. The zero-order valence-electron chi connectivity index (χ0n) is 10.2. The van der Waals surface area contributed by atoms with Gasteiger partial charge in [-0.05, 0) is 54.8 Å². The Labute approximate surface area is 94.1 Å². The maximum absolute atomic E-state index is 2.56. The van der Waals surface area contributed by atoms with E-state index in [9.17, 15) is 0 Å². The zero-order chi connectivity index (χ0) is 10.5. The maximum atomic E-state index is 2.56. The quantitative estimate of drug-likeness (QED) is 0.513. The predicted molar refractivity (Wildman–Crippen MR) is 64.6 cm³/mol. The average molecular weight is 204 g/mol. The lowest BCUT2D eigenvalue weighted by Gasteiger charge is -2.36. The third-order valence-electron chi connectivity index (χ3n) is 5.66. The van der Waals surface area contributed by atoms with Gasteiger partial charge in [-0.25, -0.2) is 0 Å². The molecule has 4 atom stereocenters. The van der Waals surface area contributed by atoms with Gasteiger partial charge in [-0.15, -0.1) is 0 Å². The van der Waals surface area contributed by atoms with Crippen molar-refractivity contribution in [2.24, 2.45) is 29.1 Å². The molecule has 15 heavy (non-hydrogen) atoms. The van der Waals surface area contributed by atoms with E-state index < -0.39 is 0 Å². The largest absolute Gasteiger partial charge is 0.0882 e. The second-order valence-corrected chi connectivity index (χ2v) is 6.57. The normalized spacial score (nSPS) is 47.3. The van der Waals surface area contributed by atoms with Crippen molar-refractivity contribution in [3.63, 3.8) is 0 Å². The molecule has 3 rings (SSSR count). The molecule has 0 saturated heterocycles. The fraction of sp³-hybridized carbons (Fsp3) is 0.867. The molecule has 3 aliphatic carbocycles. The van der Waals surface area contributed by atoms with Crippen LogP contribution in [-0.4, -0.2) is 0 Å². The third-order valence-corrected chi connectivity index (χ3v) is 5.66. The Morgan fingerprint density at radius 1 is 1.00 bits per heavy atom. The van der Waals surface area contributed by atoms with Crippen molar-refractivity contribution in [2.45, 2.75) is 52.4 Å². The van der Waals surface area contributed by atoms with Gasteiger partial charge in [0.15, 0.2) is 0 Å². The summed E-state index contributed by atoms with van der Waals surface area (Å²) in [4.78, 5) is 0. The van der Waals surface area contributed by atoms with Gasteiger partial charge >= 0.3 is 0 Å². The Hall–Kier alpha value is -0.260. The molecule has 0 amide bonds. The zero-order valence-corrected chi connectivity index (χ0v) is 10.2. The Morgan fingerprint density at radius 3 is 2.67 bits per heavy atom. The number of rotatable bonds is 0. The van der Waals surface area contributed by atoms with Crippen molar-refractivity contribution in [1.29, 1.82) is 0 Å². The number of allylic oxidation sites excluding steroid dienone is 2. The molecule has 0 aromatic heterocycles. The molecule has 0 aromatic rings. The summed E-state index contributed by atoms with van der Waals surface area (Å²) in [5.41, 5.74) is 0.590. The standard InChI is InChI=1S/C15H24/c1-15(2)13-9-5-3-7-11(13)12-8-4-6-10-14(12)15/h5,9,11-14H,3-4,6-8,10H2,1-2H3. The molecular weight excluding hydrogens is 180 g/mol. The summed E-state index contributed by atoms with van der Waals surface area (Å²) in [6.45, 7) is 5.08. The van der Waals surface area contributed by atoms with Crippen LogP contribution in [0.4, 0.5) is 0 Å². The molecule has 0 nitrogen and oxygen atoms in total. The molecule has 4 unspecified atom stereocenters. The van der Waals surface area contributed by atoms with E-state index in [1.807, 2.05) is 0 Å². The minimum Gasteiger partial charge on any atom is -0.0882 e. The van der Waals surface area contributed by atoms with Gasteiger partial charge in [0.25, 0.3) is 0 Å². The first-order valence-electron chi connectivity index (χ1n) is 6.88. The first kappa shape index (κ1) is 9.93. The molecule has 0 bridgehead atoms. The van der Waals surface area contributed by atoms with Crippen LogP contribution in [0.25, 0.3) is 0 Å². The van der Waals surface area contributed by atoms with Crippen LogP contribution >= 0.6 is 0 Å². The topological polar surface area (TPSA) is 0 Å². The summed E-state index contributed by atoms with van der Waals surface area (Å²) in [7, 11) is 0. The fourth-order valence-corrected chi connectivity index (χ4v) is 4.98. The first-order chi connectivity index (χ1) is 7.21. The van der Waals surface area contributed by atoms with Gasteiger partial charge in [0.2, 0.25) is 0 Å². The van der Waals surface area contributed by atoms with Crippen LogP contribution in [0, 0.1) is 29.1 Å². The minimum absolute atomic E-state index is 0.590. The van der Waals surface area contributed by atoms with Gasteiger partial charge in [-0.2, -0.15) is 0 Å². The van der Waals surface area contributed by atoms with Crippen molar-refractivity contribution < 1.29 is 0 Å². The summed E-state index contributed by atoms with van der Waals surface area (Å²) in [5.74, 6) is 4.04. The van der Waals surface area contributed by atoms with Crippen molar-refractivity contribution in [1.82, 2.24) is 0 Å². The highest BCUT2D eigenvalue weighted by atomic mass is 14.6. The summed E-state index contributed by atoms with van der Waals surface area (Å²) < 4.78 is 0. The number of hydrogen-bond acceptors (Lipinski definition) is 0. The smallest absolute Gasteiger partial charge is 0.0148 e. The predicted octanol–water partition coefficient (Wildman–Crippen LogP) is 4.42. The molecule has 0 aliphatic heterocycles. The summed E-state index contributed by atoms with van der Waals surface area (Å²) in [6.07, 6.45) is 13.9. The first-order valence-corrected chi connectivity index (χ1v) is 6.88. The SMILES string of the molecule is CC1(C)C2C=CCCC2C2CCCCC21. The van der Waals surface area contributed by atoms with Crippen LogP contribution in [0.3, 0.4) is 0 Å². The van der Waals surface area contributed by atoms with Crippen molar-refractivity contribution in [3.8, 4) is 0 Å². The van der Waals surface area contributed by atoms with Crippen LogP contribution in [0.5, 0.6) is 0 Å². The second-order valence-electron chi connectivity index (χ2n) is 6.57. The molecule has 0 spiro atoms. The van der Waals surface area contributed by atoms with E-state index in [1.165, 1.54) is 38.5 Å². The van der Waals surface area contributed by atoms with Gasteiger partial charge in [0.05, 0.1) is 0 Å². The molecule has 0 heteroatoms. The summed E-state index contributed by atoms with van der Waals surface area (Å²) >= 11 is 0. The molecule has 0 radical (unpaired) electrons. The molecule has 2 saturated carbocycles. The highest BCUT2D eigenvalue weighted by molar-refractivity contribution is 5.12. The molecular formula is C15H24. The lowest BCUT2D eigenvalue weighted by Crippen LogP contribution is -2.28. The maximum Gasteiger partial charge on any atom is -0.0148 e. The van der Waals surface area contributed by atoms with Crippen LogP contribution in [0.1, 0.15) is 52.4 Å². The van der Waals surface area contributed by atoms with E-state index in [-0.39, 0.29) is 0 Å². The Bertz CT molecular complexity index is 274. The van der Waals surface area contributed by atoms with Crippen LogP contribution < -0.4 is 0 Å². The van der Waals surface area contributed by atoms with Gasteiger partial charge < -0.3 is 0 Å². The van der Waals surface area contributed by atoms with Crippen molar-refractivity contribution in [2.75, 3.05) is 0 Å². The number of hydrogen-bond donors (Lipinski definition) is 0. The van der Waals surface area contributed by atoms with Gasteiger partial charge in [-0.3, -0.25) is 0 Å². The molecule has 0 N–H and O–H groups in total. The van der Waals surface area contributed by atoms with Crippen molar-refractivity contribution >= 4 is 0 Å². The van der Waals surface area contributed by atoms with Gasteiger partial charge in [0, 0.05) is 0 Å². The second kappa shape index (κ2) is 3.37. The van der Waals surface area contributed by atoms with E-state index in [0.29, 0.717) is 5.41 Å². The molecule has 2 fully saturated rings. The average Bonchev–Trinajstić information content (AvgIpc) is 2.51. The molecule has 84 valence electrons. The Morgan fingerprint density at radius 2 is 1.80 bits per heavy atom. The summed E-state index contributed by atoms with van der Waals surface area (Å²) in [6, 6.07) is 0. The highest BCUT2D eigenvalue weighted by Crippen LogP contribution is 2.61. The fourth-order valence-electron chi connectivity index (χ4n) is 4.98. The summed E-state index contributed by atoms with van der Waals surface area (Å²) in [5, 5.41) is 0. The Kier molecular flexibility index (Phi) is 2.23. The van der Waals surface area contributed by atoms with E-state index in [2.05, 4.69) is 26.0 Å². The number of fused-ring (bicyclic) bond motifs is 3. The monoisotopic (exact) mass is 204 g/mol. The van der Waals surface area contributed by atoms with Gasteiger partial charge in [-0.1, -0.05) is 38.8 Å². The van der Waals surface area contributed by atoms with E-state index in [1.54, 1.807) is 0 Å². The van der Waals surface area contributed by atoms with E-state index >= 15 is 0 Å². The molecule has 0 heterocycles. The van der Waals surface area contributed by atoms with Gasteiger partial charge in [0.1, 0.15) is 0 Å². The van der Waals surface area contributed by atoms with E-state index in [4.69, 9.17) is 0 Å². The highest BCUT2D eigenvalue weighted by Gasteiger charge is 2.54. The third kappa shape index (κ3) is 1.33. The van der Waals surface area contributed by atoms with Crippen LogP contribution in [-0.2, 0) is 0 Å². The van der Waals surface area contributed by atoms with E-state index in [0.717, 1.165) is 23.7 Å². The van der Waals surface area contributed by atoms with Crippen molar-refractivity contribution in [3.05, 3.63) is 12.2 Å². The lowest BCUT2D eigenvalue weighted by molar-refractivity contribution is 0.147. The Balaban J connectivity index is 1.96. The minimum atomic E-state index is 0.590. The van der Waals surface area contributed by atoms with Crippen LogP contribution in [0.2, 0.25) is 0 Å². The molecule has 3 aliphatic rings. The lowest BCUT2D eigenvalue weighted by atomic mass is 9.69. The van der Waals surface area contributed by atoms with Crippen LogP contribution in [0.15, 0.2) is 12.2 Å².